The van der Waals surface area contributed by atoms with E-state index >= 15 is 0 Å². The molecule has 1 aromatic carbocycles. The second kappa shape index (κ2) is 4.98. The van der Waals surface area contributed by atoms with Crippen molar-refractivity contribution in [3.8, 4) is 22.5 Å². The molecule has 0 bridgehead atoms. The van der Waals surface area contributed by atoms with Gasteiger partial charge in [0.05, 0.1) is 18.3 Å². The zero-order valence-electron chi connectivity index (χ0n) is 14.0. The Morgan fingerprint density at radius 3 is 2.70 bits per heavy atom. The smallest absolute Gasteiger partial charge is 0.260 e. The third-order valence-corrected chi connectivity index (χ3v) is 4.84. The van der Waals surface area contributed by atoms with Crippen LogP contribution in [0.15, 0.2) is 36.8 Å². The van der Waals surface area contributed by atoms with Crippen molar-refractivity contribution in [3.05, 3.63) is 64.7 Å². The van der Waals surface area contributed by atoms with Gasteiger partial charge in [-0.2, -0.15) is 0 Å². The zero-order chi connectivity index (χ0) is 16.1. The molecular weight excluding hydrogens is 282 g/mol. The molecule has 3 heteroatoms. The molecule has 0 spiro atoms. The summed E-state index contributed by atoms with van der Waals surface area (Å²) in [6.45, 7) is 6.55. The lowest BCUT2D eigenvalue weighted by Crippen LogP contribution is -2.33. The molecule has 0 N–H and O–H groups in total. The molecule has 0 saturated heterocycles. The highest BCUT2D eigenvalue weighted by Gasteiger charge is 2.31. The van der Waals surface area contributed by atoms with Crippen molar-refractivity contribution in [2.75, 3.05) is 0 Å². The van der Waals surface area contributed by atoms with Gasteiger partial charge in [0.15, 0.2) is 5.69 Å². The van der Waals surface area contributed by atoms with Crippen molar-refractivity contribution in [1.82, 2.24) is 9.97 Å². The van der Waals surface area contributed by atoms with Crippen LogP contribution in [0.3, 0.4) is 0 Å². The minimum Gasteiger partial charge on any atom is -0.260 e. The molecule has 0 fully saturated rings. The standard InChI is InChI=1S/C20H20N3/c1-12-8-13(2)14(3)16(9-12)20-17-10-18-15(6-5-7-21-18)19(17)22-11-23(20)4/h5-9,11H,10H2,1-4H3/q+1. The molecule has 0 unspecified atom stereocenters. The molecular formula is C20H20N3+. The highest BCUT2D eigenvalue weighted by molar-refractivity contribution is 5.79. The van der Waals surface area contributed by atoms with Gasteiger partial charge in [0.1, 0.15) is 5.69 Å². The van der Waals surface area contributed by atoms with Gasteiger partial charge in [-0.1, -0.05) is 11.6 Å². The molecule has 1 aliphatic rings. The number of rotatable bonds is 1. The van der Waals surface area contributed by atoms with E-state index in [-0.39, 0.29) is 0 Å². The van der Waals surface area contributed by atoms with Crippen LogP contribution in [-0.2, 0) is 13.5 Å². The Hall–Kier alpha value is -2.55. The fourth-order valence-corrected chi connectivity index (χ4v) is 3.60. The number of nitrogens with zero attached hydrogens (tertiary/aromatic N) is 3. The van der Waals surface area contributed by atoms with Gasteiger partial charge in [-0.3, -0.25) is 4.98 Å². The Morgan fingerprint density at radius 1 is 1.04 bits per heavy atom. The molecule has 23 heavy (non-hydrogen) atoms. The highest BCUT2D eigenvalue weighted by atomic mass is 15.0. The van der Waals surface area contributed by atoms with Crippen LogP contribution in [0.2, 0.25) is 0 Å². The van der Waals surface area contributed by atoms with Gasteiger partial charge in [-0.25, -0.2) is 4.57 Å². The average molecular weight is 302 g/mol. The summed E-state index contributed by atoms with van der Waals surface area (Å²) in [6.07, 6.45) is 4.65. The molecule has 0 amide bonds. The first-order valence-corrected chi connectivity index (χ1v) is 7.96. The van der Waals surface area contributed by atoms with Crippen LogP contribution >= 0.6 is 0 Å². The largest absolute Gasteiger partial charge is 0.287 e. The van der Waals surface area contributed by atoms with Gasteiger partial charge in [-0.15, -0.1) is 0 Å². The molecule has 114 valence electrons. The fraction of sp³-hybridized carbons (Fsp3) is 0.250. The number of aromatic nitrogens is 3. The molecule has 0 radical (unpaired) electrons. The molecule has 3 aromatic rings. The number of fused-ring (bicyclic) bond motifs is 3. The van der Waals surface area contributed by atoms with Crippen molar-refractivity contribution in [2.45, 2.75) is 27.2 Å². The van der Waals surface area contributed by atoms with Crippen molar-refractivity contribution in [3.63, 3.8) is 0 Å². The summed E-state index contributed by atoms with van der Waals surface area (Å²) in [7, 11) is 2.08. The molecule has 2 heterocycles. The molecule has 0 atom stereocenters. The van der Waals surface area contributed by atoms with Gasteiger partial charge < -0.3 is 0 Å². The lowest BCUT2D eigenvalue weighted by atomic mass is 9.94. The zero-order valence-corrected chi connectivity index (χ0v) is 14.0. The van der Waals surface area contributed by atoms with E-state index in [0.717, 1.165) is 17.8 Å². The van der Waals surface area contributed by atoms with Crippen molar-refractivity contribution in [2.24, 2.45) is 7.05 Å². The van der Waals surface area contributed by atoms with E-state index in [4.69, 9.17) is 0 Å². The topological polar surface area (TPSA) is 29.7 Å². The summed E-state index contributed by atoms with van der Waals surface area (Å²) in [5.41, 5.74) is 11.2. The molecule has 0 aliphatic heterocycles. The van der Waals surface area contributed by atoms with Crippen LogP contribution in [0.1, 0.15) is 27.9 Å². The average Bonchev–Trinajstić information content (AvgIpc) is 2.89. The minimum absolute atomic E-state index is 0.856. The van der Waals surface area contributed by atoms with E-state index in [1.54, 1.807) is 0 Å². The number of aryl methyl sites for hydroxylation is 3. The fourth-order valence-electron chi connectivity index (χ4n) is 3.60. The van der Waals surface area contributed by atoms with Crippen molar-refractivity contribution in [1.29, 1.82) is 0 Å². The first kappa shape index (κ1) is 14.1. The van der Waals surface area contributed by atoms with E-state index in [9.17, 15) is 0 Å². The molecule has 0 saturated carbocycles. The summed E-state index contributed by atoms with van der Waals surface area (Å²) >= 11 is 0. The van der Waals surface area contributed by atoms with Crippen LogP contribution in [0.25, 0.3) is 22.5 Å². The van der Waals surface area contributed by atoms with E-state index in [0.29, 0.717) is 0 Å². The van der Waals surface area contributed by atoms with Gasteiger partial charge in [0.25, 0.3) is 6.33 Å². The maximum Gasteiger partial charge on any atom is 0.287 e. The molecule has 4 rings (SSSR count). The van der Waals surface area contributed by atoms with E-state index < -0.39 is 0 Å². The van der Waals surface area contributed by atoms with Crippen LogP contribution < -0.4 is 4.57 Å². The van der Waals surface area contributed by atoms with E-state index in [2.05, 4.69) is 60.6 Å². The van der Waals surface area contributed by atoms with Crippen molar-refractivity contribution >= 4 is 0 Å². The van der Waals surface area contributed by atoms with Crippen LogP contribution in [0, 0.1) is 20.8 Å². The van der Waals surface area contributed by atoms with E-state index in [1.807, 2.05) is 18.6 Å². The summed E-state index contributed by atoms with van der Waals surface area (Å²) in [5.74, 6) is 0. The number of hydrogen-bond donors (Lipinski definition) is 0. The number of benzene rings is 1. The first-order chi connectivity index (χ1) is 11.1. The minimum atomic E-state index is 0.856. The SMILES string of the molecule is Cc1cc(C)c(C)c(-c2c3c(nc[n+]2C)-c2cccnc2C3)c1. The maximum absolute atomic E-state index is 4.68. The monoisotopic (exact) mass is 302 g/mol. The van der Waals surface area contributed by atoms with Crippen LogP contribution in [0.5, 0.6) is 0 Å². The predicted octanol–water partition coefficient (Wildman–Crippen LogP) is 3.46. The van der Waals surface area contributed by atoms with E-state index in [1.165, 1.54) is 39.1 Å². The lowest BCUT2D eigenvalue weighted by molar-refractivity contribution is -0.663. The summed E-state index contributed by atoms with van der Waals surface area (Å²) < 4.78 is 2.14. The Bertz CT molecular complexity index is 942. The Kier molecular flexibility index (Phi) is 3.05. The highest BCUT2D eigenvalue weighted by Crippen LogP contribution is 2.38. The van der Waals surface area contributed by atoms with Gasteiger partial charge in [0, 0.05) is 23.7 Å². The Labute approximate surface area is 136 Å². The molecule has 1 aliphatic carbocycles. The van der Waals surface area contributed by atoms with Gasteiger partial charge in [0.2, 0.25) is 0 Å². The first-order valence-electron chi connectivity index (χ1n) is 7.96. The second-order valence-electron chi connectivity index (χ2n) is 6.46. The normalized spacial score (nSPS) is 12.2. The molecule has 3 nitrogen and oxygen atoms in total. The Balaban J connectivity index is 2.03. The third-order valence-electron chi connectivity index (χ3n) is 4.84. The van der Waals surface area contributed by atoms with Gasteiger partial charge >= 0.3 is 0 Å². The quantitative estimate of drug-likeness (QED) is 0.504. The summed E-state index contributed by atoms with van der Waals surface area (Å²) in [4.78, 5) is 9.23. The lowest BCUT2D eigenvalue weighted by Gasteiger charge is -2.13. The summed E-state index contributed by atoms with van der Waals surface area (Å²) in [5, 5.41) is 0. The van der Waals surface area contributed by atoms with Gasteiger partial charge in [-0.05, 0) is 55.1 Å². The Morgan fingerprint density at radius 2 is 1.87 bits per heavy atom. The number of hydrogen-bond acceptors (Lipinski definition) is 2. The third kappa shape index (κ3) is 2.07. The molecule has 2 aromatic heterocycles. The number of pyridine rings is 1. The second-order valence-corrected chi connectivity index (χ2v) is 6.46. The van der Waals surface area contributed by atoms with Crippen LogP contribution in [0.4, 0.5) is 0 Å². The summed E-state index contributed by atoms with van der Waals surface area (Å²) in [6, 6.07) is 8.65. The maximum atomic E-state index is 4.68. The predicted molar refractivity (Wildman–Crippen MR) is 91.1 cm³/mol. The van der Waals surface area contributed by atoms with Crippen LogP contribution in [-0.4, -0.2) is 9.97 Å². The van der Waals surface area contributed by atoms with Crippen molar-refractivity contribution < 1.29 is 4.57 Å².